The first kappa shape index (κ1) is 27.7. The lowest BCUT2D eigenvalue weighted by Gasteiger charge is -2.33. The molecular formula is C31H39N7O2. The Hall–Kier alpha value is -3.88. The van der Waals surface area contributed by atoms with Gasteiger partial charge in [-0.2, -0.15) is 5.21 Å². The lowest BCUT2D eigenvalue weighted by atomic mass is 9.78. The monoisotopic (exact) mass is 541 g/mol. The minimum absolute atomic E-state index is 0.0266. The van der Waals surface area contributed by atoms with Crippen LogP contribution >= 0.6 is 0 Å². The van der Waals surface area contributed by atoms with E-state index >= 15 is 0 Å². The Labute approximate surface area is 235 Å². The van der Waals surface area contributed by atoms with Gasteiger partial charge < -0.3 is 0 Å². The van der Waals surface area contributed by atoms with Crippen LogP contribution in [0.3, 0.4) is 0 Å². The molecule has 1 fully saturated rings. The number of nitrogens with zero attached hydrogens (tertiary/aromatic N) is 6. The molecule has 210 valence electrons. The van der Waals surface area contributed by atoms with Crippen molar-refractivity contribution in [1.82, 2.24) is 34.7 Å². The molecule has 40 heavy (non-hydrogen) atoms. The van der Waals surface area contributed by atoms with Crippen molar-refractivity contribution < 1.29 is 4.79 Å². The van der Waals surface area contributed by atoms with Gasteiger partial charge >= 0.3 is 5.69 Å². The van der Waals surface area contributed by atoms with Crippen molar-refractivity contribution in [3.63, 3.8) is 0 Å². The molecule has 0 radical (unpaired) electrons. The Kier molecular flexibility index (Phi) is 8.67. The van der Waals surface area contributed by atoms with Crippen molar-refractivity contribution in [2.45, 2.75) is 84.7 Å². The number of Topliss-reactive ketones (excluding diaryl/α,β-unsaturated/α-hetero) is 1. The zero-order valence-electron chi connectivity index (χ0n) is 23.7. The van der Waals surface area contributed by atoms with E-state index in [1.54, 1.807) is 6.92 Å². The number of aromatic amines is 1. The molecule has 1 saturated carbocycles. The third-order valence-electron chi connectivity index (χ3n) is 8.34. The van der Waals surface area contributed by atoms with Crippen LogP contribution in [0.25, 0.3) is 22.6 Å². The van der Waals surface area contributed by atoms with Gasteiger partial charge in [0.25, 0.3) is 0 Å². The molecule has 3 unspecified atom stereocenters. The van der Waals surface area contributed by atoms with Crippen LogP contribution < -0.4 is 5.69 Å². The van der Waals surface area contributed by atoms with Crippen molar-refractivity contribution in [3.8, 4) is 22.6 Å². The second-order valence-electron chi connectivity index (χ2n) is 11.2. The molecule has 1 aliphatic carbocycles. The Morgan fingerprint density at radius 1 is 1.07 bits per heavy atom. The Morgan fingerprint density at radius 3 is 2.58 bits per heavy atom. The number of hydrogen-bond acceptors (Lipinski definition) is 6. The van der Waals surface area contributed by atoms with Crippen LogP contribution in [-0.4, -0.2) is 40.5 Å². The number of carbonyl (C=O) groups excluding carboxylic acids is 1. The molecular weight excluding hydrogens is 502 g/mol. The molecule has 1 N–H and O–H groups in total. The number of hydrogen-bond donors (Lipinski definition) is 1. The minimum atomic E-state index is -0.122. The highest BCUT2D eigenvalue weighted by Gasteiger charge is 2.34. The van der Waals surface area contributed by atoms with Crippen molar-refractivity contribution in [3.05, 3.63) is 70.5 Å². The van der Waals surface area contributed by atoms with Gasteiger partial charge in [-0.15, -0.1) is 10.2 Å². The molecule has 0 spiro atoms. The number of tetrazole rings is 1. The minimum Gasteiger partial charge on any atom is -0.300 e. The maximum absolute atomic E-state index is 14.0. The van der Waals surface area contributed by atoms with E-state index in [0.29, 0.717) is 12.4 Å². The van der Waals surface area contributed by atoms with Crippen molar-refractivity contribution in [1.29, 1.82) is 0 Å². The van der Waals surface area contributed by atoms with Crippen LogP contribution in [0.5, 0.6) is 0 Å². The van der Waals surface area contributed by atoms with Crippen LogP contribution in [0.4, 0.5) is 0 Å². The van der Waals surface area contributed by atoms with Gasteiger partial charge in [-0.3, -0.25) is 18.9 Å². The summed E-state index contributed by atoms with van der Waals surface area (Å²) in [7, 11) is 0. The average molecular weight is 542 g/mol. The van der Waals surface area contributed by atoms with Crippen LogP contribution in [0, 0.1) is 11.8 Å². The summed E-state index contributed by atoms with van der Waals surface area (Å²) in [5.41, 5.74) is 4.51. The molecule has 0 amide bonds. The van der Waals surface area contributed by atoms with Gasteiger partial charge in [-0.25, -0.2) is 4.79 Å². The largest absolute Gasteiger partial charge is 0.328 e. The summed E-state index contributed by atoms with van der Waals surface area (Å²) in [6.07, 6.45) is 12.0. The van der Waals surface area contributed by atoms with E-state index in [9.17, 15) is 9.59 Å². The second-order valence-corrected chi connectivity index (χ2v) is 11.2. The van der Waals surface area contributed by atoms with Crippen LogP contribution in [-0.2, 0) is 17.8 Å². The highest BCUT2D eigenvalue weighted by Crippen LogP contribution is 2.36. The fourth-order valence-electron chi connectivity index (χ4n) is 6.18. The zero-order chi connectivity index (χ0) is 28.1. The van der Waals surface area contributed by atoms with E-state index in [2.05, 4.69) is 34.5 Å². The van der Waals surface area contributed by atoms with Crippen molar-refractivity contribution >= 4 is 5.78 Å². The van der Waals surface area contributed by atoms with Crippen LogP contribution in [0.2, 0.25) is 0 Å². The topological polar surface area (TPSA) is 111 Å². The summed E-state index contributed by atoms with van der Waals surface area (Å²) in [6.45, 7) is 6.50. The molecule has 1 aliphatic rings. The summed E-state index contributed by atoms with van der Waals surface area (Å²) in [5.74, 6) is 0.849. The number of pyridine rings is 1. The Morgan fingerprint density at radius 2 is 1.88 bits per heavy atom. The number of rotatable bonds is 9. The summed E-state index contributed by atoms with van der Waals surface area (Å²) in [6, 6.07) is 11.7. The maximum atomic E-state index is 14.0. The number of aromatic nitrogens is 7. The summed E-state index contributed by atoms with van der Waals surface area (Å²) in [4.78, 5) is 31.5. The van der Waals surface area contributed by atoms with Gasteiger partial charge in [-0.05, 0) is 55.4 Å². The van der Waals surface area contributed by atoms with E-state index < -0.39 is 0 Å². The number of unbranched alkanes of at least 4 members (excludes halogenated alkanes) is 1. The van der Waals surface area contributed by atoms with Gasteiger partial charge in [0.05, 0.1) is 18.3 Å². The molecule has 4 aromatic rings. The number of benzene rings is 1. The normalized spacial score (nSPS) is 19.7. The molecule has 9 heteroatoms. The molecule has 0 aliphatic heterocycles. The molecule has 0 saturated heterocycles. The molecule has 0 bridgehead atoms. The zero-order valence-corrected chi connectivity index (χ0v) is 23.7. The fourth-order valence-corrected chi connectivity index (χ4v) is 6.18. The van der Waals surface area contributed by atoms with E-state index in [1.807, 2.05) is 57.9 Å². The highest BCUT2D eigenvalue weighted by molar-refractivity contribution is 5.79. The molecule has 3 heterocycles. The average Bonchev–Trinajstić information content (AvgIpc) is 3.59. The SMILES string of the molecule is CCCCc1cn(C2C(C)CCCCCC2C(C)=O)c(=O)n1Cc1ccc(-c2ccccc2-c2nn[nH]n2)nc1. The van der Waals surface area contributed by atoms with E-state index in [-0.39, 0.29) is 29.4 Å². The molecule has 3 aromatic heterocycles. The molecule has 1 aromatic carbocycles. The maximum Gasteiger partial charge on any atom is 0.328 e. The van der Waals surface area contributed by atoms with Crippen LogP contribution in [0.1, 0.15) is 83.0 Å². The van der Waals surface area contributed by atoms with Crippen molar-refractivity contribution in [2.75, 3.05) is 0 Å². The number of nitrogens with one attached hydrogen (secondary N) is 1. The number of aryl methyl sites for hydroxylation is 1. The first-order chi connectivity index (χ1) is 19.5. The van der Waals surface area contributed by atoms with E-state index in [4.69, 9.17) is 4.98 Å². The van der Waals surface area contributed by atoms with Gasteiger partial charge in [0, 0.05) is 35.1 Å². The third kappa shape index (κ3) is 5.83. The summed E-state index contributed by atoms with van der Waals surface area (Å²) < 4.78 is 3.79. The molecule has 5 rings (SSSR count). The van der Waals surface area contributed by atoms with Gasteiger partial charge in [0.1, 0.15) is 5.78 Å². The molecule has 3 atom stereocenters. The first-order valence-corrected chi connectivity index (χ1v) is 14.6. The summed E-state index contributed by atoms with van der Waals surface area (Å²) >= 11 is 0. The molecule has 9 nitrogen and oxygen atoms in total. The third-order valence-corrected chi connectivity index (χ3v) is 8.34. The van der Waals surface area contributed by atoms with Gasteiger partial charge in [-0.1, -0.05) is 69.9 Å². The van der Waals surface area contributed by atoms with Gasteiger partial charge in [0.15, 0.2) is 0 Å². The Bertz CT molecular complexity index is 1470. The predicted octanol–water partition coefficient (Wildman–Crippen LogP) is 5.63. The highest BCUT2D eigenvalue weighted by atomic mass is 16.2. The van der Waals surface area contributed by atoms with Crippen molar-refractivity contribution in [2.24, 2.45) is 11.8 Å². The lowest BCUT2D eigenvalue weighted by Crippen LogP contribution is -2.37. The first-order valence-electron chi connectivity index (χ1n) is 14.6. The summed E-state index contributed by atoms with van der Waals surface area (Å²) in [5, 5.41) is 14.4. The fraction of sp³-hybridized carbons (Fsp3) is 0.484. The number of ketones is 1. The van der Waals surface area contributed by atoms with E-state index in [0.717, 1.165) is 79.4 Å². The second kappa shape index (κ2) is 12.5. The Balaban J connectivity index is 1.47. The quantitative estimate of drug-likeness (QED) is 0.294. The van der Waals surface area contributed by atoms with Gasteiger partial charge in [0.2, 0.25) is 5.82 Å². The standard InChI is InChI=1S/C31H39N7O2/c1-4-5-12-24-20-38(29-21(2)11-7-6-8-13-25(29)22(3)39)31(40)37(24)19-23-16-17-28(32-18-23)26-14-9-10-15-27(26)30-33-35-36-34-30/h9-10,14-18,20-21,25,29H,4-8,11-13,19H2,1-3H3,(H,33,34,35,36). The smallest absolute Gasteiger partial charge is 0.300 e. The number of carbonyl (C=O) groups is 1. The van der Waals surface area contributed by atoms with E-state index in [1.165, 1.54) is 0 Å². The lowest BCUT2D eigenvalue weighted by molar-refractivity contribution is -0.123. The van der Waals surface area contributed by atoms with Crippen LogP contribution in [0.15, 0.2) is 53.6 Å². The predicted molar refractivity (Wildman–Crippen MR) is 155 cm³/mol. The number of H-pyrrole nitrogens is 1. The number of imidazole rings is 1.